The van der Waals surface area contributed by atoms with E-state index in [1.165, 1.54) is 38.9 Å². The third kappa shape index (κ3) is 5.84. The van der Waals surface area contributed by atoms with Gasteiger partial charge in [0.2, 0.25) is 0 Å². The smallest absolute Gasteiger partial charge is 0.0750 e. The molecule has 1 unspecified atom stereocenters. The van der Waals surface area contributed by atoms with E-state index in [1.807, 2.05) is 0 Å². The van der Waals surface area contributed by atoms with E-state index in [1.54, 1.807) is 0 Å². The van der Waals surface area contributed by atoms with Crippen LogP contribution in [0.4, 0.5) is 0 Å². The number of ether oxygens (including phenoxy) is 1. The topological polar surface area (TPSA) is 24.5 Å². The standard InChI is InChI=1S/C14H30N2O/c1-5-16-10-7-8-13(9-11-16)15-12-14(3,4)17-6-2/h13,15H,5-12H2,1-4H3. The van der Waals surface area contributed by atoms with Crippen LogP contribution in [0, 0.1) is 0 Å². The fraction of sp³-hybridized carbons (Fsp3) is 1.00. The Morgan fingerprint density at radius 2 is 2.00 bits per heavy atom. The minimum atomic E-state index is -0.0362. The highest BCUT2D eigenvalue weighted by Crippen LogP contribution is 2.13. The van der Waals surface area contributed by atoms with Crippen molar-refractivity contribution in [1.82, 2.24) is 10.2 Å². The molecule has 0 aromatic rings. The van der Waals surface area contributed by atoms with E-state index in [0.29, 0.717) is 6.04 Å². The molecule has 0 saturated carbocycles. The molecule has 1 saturated heterocycles. The maximum absolute atomic E-state index is 5.72. The van der Waals surface area contributed by atoms with Crippen molar-refractivity contribution in [2.24, 2.45) is 0 Å². The van der Waals surface area contributed by atoms with E-state index in [9.17, 15) is 0 Å². The van der Waals surface area contributed by atoms with Gasteiger partial charge >= 0.3 is 0 Å². The quantitative estimate of drug-likeness (QED) is 0.773. The molecule has 102 valence electrons. The molecule has 0 bridgehead atoms. The molecule has 0 radical (unpaired) electrons. The number of hydrogen-bond donors (Lipinski definition) is 1. The Kier molecular flexibility index (Phi) is 6.45. The van der Waals surface area contributed by atoms with Crippen LogP contribution in [0.15, 0.2) is 0 Å². The zero-order valence-corrected chi connectivity index (χ0v) is 12.1. The molecule has 3 heteroatoms. The van der Waals surface area contributed by atoms with Crippen LogP contribution < -0.4 is 5.32 Å². The molecule has 1 aliphatic rings. The van der Waals surface area contributed by atoms with E-state index in [0.717, 1.165) is 13.2 Å². The third-order valence-electron chi connectivity index (χ3n) is 3.62. The normalized spacial score (nSPS) is 23.6. The van der Waals surface area contributed by atoms with Crippen molar-refractivity contribution >= 4 is 0 Å². The molecule has 0 aliphatic carbocycles. The summed E-state index contributed by atoms with van der Waals surface area (Å²) in [5.74, 6) is 0. The molecule has 0 aromatic heterocycles. The summed E-state index contributed by atoms with van der Waals surface area (Å²) in [5, 5.41) is 3.68. The molecular formula is C14H30N2O. The number of hydrogen-bond acceptors (Lipinski definition) is 3. The van der Waals surface area contributed by atoms with Crippen LogP contribution in [0.5, 0.6) is 0 Å². The monoisotopic (exact) mass is 242 g/mol. The van der Waals surface area contributed by atoms with Crippen molar-refractivity contribution in [1.29, 1.82) is 0 Å². The summed E-state index contributed by atoms with van der Waals surface area (Å²) in [6.07, 6.45) is 3.90. The Bertz CT molecular complexity index is 206. The Labute approximate surface area is 107 Å². The van der Waals surface area contributed by atoms with Crippen molar-refractivity contribution in [3.63, 3.8) is 0 Å². The maximum Gasteiger partial charge on any atom is 0.0750 e. The van der Waals surface area contributed by atoms with E-state index >= 15 is 0 Å². The second-order valence-electron chi connectivity index (χ2n) is 5.64. The first-order valence-electron chi connectivity index (χ1n) is 7.17. The lowest BCUT2D eigenvalue weighted by Crippen LogP contribution is -2.42. The van der Waals surface area contributed by atoms with Gasteiger partial charge in [0.25, 0.3) is 0 Å². The SMILES string of the molecule is CCOC(C)(C)CNC1CCCN(CC)CC1. The van der Waals surface area contributed by atoms with Gasteiger partial charge in [0.15, 0.2) is 0 Å². The fourth-order valence-corrected chi connectivity index (χ4v) is 2.51. The van der Waals surface area contributed by atoms with E-state index < -0.39 is 0 Å². The summed E-state index contributed by atoms with van der Waals surface area (Å²) < 4.78 is 5.72. The Morgan fingerprint density at radius 3 is 2.65 bits per heavy atom. The zero-order chi connectivity index (χ0) is 12.7. The Hall–Kier alpha value is -0.120. The molecule has 1 atom stereocenters. The van der Waals surface area contributed by atoms with Gasteiger partial charge in [-0.3, -0.25) is 0 Å². The van der Waals surface area contributed by atoms with Gasteiger partial charge in [0, 0.05) is 19.2 Å². The average molecular weight is 242 g/mol. The largest absolute Gasteiger partial charge is 0.375 e. The van der Waals surface area contributed by atoms with Gasteiger partial charge in [-0.2, -0.15) is 0 Å². The molecular weight excluding hydrogens is 212 g/mol. The van der Waals surface area contributed by atoms with Gasteiger partial charge in [0.05, 0.1) is 5.60 Å². The zero-order valence-electron chi connectivity index (χ0n) is 12.1. The molecule has 1 fully saturated rings. The summed E-state index contributed by atoms with van der Waals surface area (Å²) in [4.78, 5) is 2.55. The van der Waals surface area contributed by atoms with Crippen LogP contribution in [-0.4, -0.2) is 49.3 Å². The lowest BCUT2D eigenvalue weighted by atomic mass is 10.1. The lowest BCUT2D eigenvalue weighted by Gasteiger charge is -2.28. The lowest BCUT2D eigenvalue weighted by molar-refractivity contribution is -0.0108. The predicted octanol–water partition coefficient (Wildman–Crippen LogP) is 2.27. The molecule has 0 aromatic carbocycles. The van der Waals surface area contributed by atoms with Crippen molar-refractivity contribution in [3.8, 4) is 0 Å². The number of nitrogens with one attached hydrogen (secondary N) is 1. The molecule has 3 nitrogen and oxygen atoms in total. The predicted molar refractivity (Wildman–Crippen MR) is 73.5 cm³/mol. The minimum absolute atomic E-state index is 0.0362. The first kappa shape index (κ1) is 14.9. The van der Waals surface area contributed by atoms with Crippen LogP contribution in [-0.2, 0) is 4.74 Å². The van der Waals surface area contributed by atoms with Crippen LogP contribution in [0.1, 0.15) is 47.0 Å². The highest BCUT2D eigenvalue weighted by Gasteiger charge is 2.21. The van der Waals surface area contributed by atoms with Gasteiger partial charge in [-0.25, -0.2) is 0 Å². The number of nitrogens with zero attached hydrogens (tertiary/aromatic N) is 1. The van der Waals surface area contributed by atoms with Crippen LogP contribution in [0.3, 0.4) is 0 Å². The van der Waals surface area contributed by atoms with Crippen molar-refractivity contribution in [2.45, 2.75) is 58.6 Å². The molecule has 0 amide bonds. The van der Waals surface area contributed by atoms with Gasteiger partial charge in [-0.05, 0) is 59.7 Å². The third-order valence-corrected chi connectivity index (χ3v) is 3.62. The van der Waals surface area contributed by atoms with Crippen LogP contribution in [0.25, 0.3) is 0 Å². The average Bonchev–Trinajstić information content (AvgIpc) is 2.51. The number of rotatable bonds is 6. The van der Waals surface area contributed by atoms with Crippen LogP contribution in [0.2, 0.25) is 0 Å². The van der Waals surface area contributed by atoms with Crippen molar-refractivity contribution in [2.75, 3.05) is 32.8 Å². The Morgan fingerprint density at radius 1 is 1.24 bits per heavy atom. The van der Waals surface area contributed by atoms with E-state index in [2.05, 4.69) is 37.9 Å². The highest BCUT2D eigenvalue weighted by molar-refractivity contribution is 4.79. The fourth-order valence-electron chi connectivity index (χ4n) is 2.51. The highest BCUT2D eigenvalue weighted by atomic mass is 16.5. The second-order valence-corrected chi connectivity index (χ2v) is 5.64. The second kappa shape index (κ2) is 7.34. The maximum atomic E-state index is 5.72. The molecule has 1 aliphatic heterocycles. The Balaban J connectivity index is 2.27. The van der Waals surface area contributed by atoms with E-state index in [-0.39, 0.29) is 5.60 Å². The molecule has 17 heavy (non-hydrogen) atoms. The van der Waals surface area contributed by atoms with Gasteiger partial charge in [0.1, 0.15) is 0 Å². The summed E-state index contributed by atoms with van der Waals surface area (Å²) in [6, 6.07) is 0.672. The van der Waals surface area contributed by atoms with Gasteiger partial charge in [-0.15, -0.1) is 0 Å². The molecule has 0 spiro atoms. The summed E-state index contributed by atoms with van der Waals surface area (Å²) in [7, 11) is 0. The van der Waals surface area contributed by atoms with Crippen LogP contribution >= 0.6 is 0 Å². The first-order chi connectivity index (χ1) is 8.07. The summed E-state index contributed by atoms with van der Waals surface area (Å²) in [5.41, 5.74) is -0.0362. The van der Waals surface area contributed by atoms with Crippen molar-refractivity contribution in [3.05, 3.63) is 0 Å². The molecule has 1 rings (SSSR count). The van der Waals surface area contributed by atoms with Gasteiger partial charge in [-0.1, -0.05) is 6.92 Å². The summed E-state index contributed by atoms with van der Waals surface area (Å²) >= 11 is 0. The molecule has 1 heterocycles. The molecule has 1 N–H and O–H groups in total. The minimum Gasteiger partial charge on any atom is -0.375 e. The summed E-state index contributed by atoms with van der Waals surface area (Å²) in [6.45, 7) is 14.1. The first-order valence-corrected chi connectivity index (χ1v) is 7.17. The van der Waals surface area contributed by atoms with Gasteiger partial charge < -0.3 is 15.0 Å². The van der Waals surface area contributed by atoms with E-state index in [4.69, 9.17) is 4.74 Å². The number of likely N-dealkylation sites (tertiary alicyclic amines) is 1. The van der Waals surface area contributed by atoms with Crippen molar-refractivity contribution < 1.29 is 4.74 Å².